The second kappa shape index (κ2) is 26.0. The fourth-order valence-corrected chi connectivity index (χ4v) is 14.0. The maximum Gasteiger partial charge on any atom is 0.126 e. The number of hydrogen-bond acceptors (Lipinski definition) is 8. The summed E-state index contributed by atoms with van der Waals surface area (Å²) in [6.45, 7) is 30.1. The van der Waals surface area contributed by atoms with Gasteiger partial charge < -0.3 is 10.2 Å². The molecule has 89 heavy (non-hydrogen) atoms. The molecule has 10 aromatic carbocycles. The molecule has 0 aliphatic carbocycles. The molecule has 9 heteroatoms. The van der Waals surface area contributed by atoms with Gasteiger partial charge in [0.05, 0.1) is 26.3 Å². The summed E-state index contributed by atoms with van der Waals surface area (Å²) < 4.78 is 2.31. The Morgan fingerprint density at radius 3 is 1.16 bits per heavy atom. The average molecular weight is 1380 g/mol. The predicted molar refractivity (Wildman–Crippen MR) is 377 cm³/mol. The van der Waals surface area contributed by atoms with Crippen molar-refractivity contribution in [2.24, 2.45) is 9.98 Å². The normalized spacial score (nSPS) is 11.8. The van der Waals surface area contributed by atoms with Crippen LogP contribution in [0.2, 0.25) is 0 Å². The first-order valence-electron chi connectivity index (χ1n) is 30.0. The Bertz CT molecular complexity index is 4170. The Hall–Kier alpha value is -8.39. The number of nitrogens with zero attached hydrogens (tertiary/aromatic N) is 4. The minimum absolute atomic E-state index is 0. The molecule has 0 fully saturated rings. The molecule has 0 bridgehead atoms. The van der Waals surface area contributed by atoms with E-state index in [-0.39, 0.29) is 43.4 Å². The van der Waals surface area contributed by atoms with E-state index in [0.717, 1.165) is 86.3 Å². The summed E-state index contributed by atoms with van der Waals surface area (Å²) in [7, 11) is 0. The number of aliphatic imine (C=N–C) groups is 2. The SMILES string of the molecule is Cc1[c-]c(-c2ccc(-c3cc(C)cc(C)c3)c3sc(-c4ccccc4N=Cc4cc(C(C)(C)C)ccc4O)nc23)cc(C)c1.Cc1cc(C)cc(-c2ccc(-c3cc(C)cc(C)c3)c3sc(-c4ccccc4N=Cc4cc(C(C)(C)C)ccc4O)nc23)c1.[Pt]. The largest absolute Gasteiger partial charge is 0.507 e. The van der Waals surface area contributed by atoms with Gasteiger partial charge in [-0.1, -0.05) is 210 Å². The van der Waals surface area contributed by atoms with Crippen LogP contribution in [-0.2, 0) is 31.9 Å². The van der Waals surface area contributed by atoms with Crippen molar-refractivity contribution in [1.82, 2.24) is 9.97 Å². The Labute approximate surface area is 547 Å². The van der Waals surface area contributed by atoms with E-state index >= 15 is 0 Å². The van der Waals surface area contributed by atoms with Crippen LogP contribution >= 0.6 is 22.7 Å². The van der Waals surface area contributed by atoms with Crippen LogP contribution in [-0.4, -0.2) is 32.6 Å². The first kappa shape index (κ1) is 63.6. The average Bonchev–Trinajstić information content (AvgIpc) is 1.69. The fourth-order valence-electron chi connectivity index (χ4n) is 11.6. The number of rotatable bonds is 10. The number of fused-ring (bicyclic) bond motifs is 2. The van der Waals surface area contributed by atoms with Gasteiger partial charge >= 0.3 is 0 Å². The fraction of sp³-hybridized carbons (Fsp3) is 0.200. The number of benzene rings is 10. The molecule has 12 aromatic rings. The van der Waals surface area contributed by atoms with E-state index < -0.39 is 0 Å². The van der Waals surface area contributed by atoms with E-state index in [1.807, 2.05) is 60.7 Å². The van der Waals surface area contributed by atoms with Gasteiger partial charge in [0.25, 0.3) is 0 Å². The summed E-state index contributed by atoms with van der Waals surface area (Å²) in [5, 5.41) is 23.1. The smallest absolute Gasteiger partial charge is 0.126 e. The summed E-state index contributed by atoms with van der Waals surface area (Å²) in [6, 6.07) is 64.7. The molecule has 0 aliphatic rings. The number of hydrogen-bond donors (Lipinski definition) is 2. The van der Waals surface area contributed by atoms with Crippen LogP contribution in [0.3, 0.4) is 0 Å². The van der Waals surface area contributed by atoms with Crippen LogP contribution in [0.5, 0.6) is 11.5 Å². The van der Waals surface area contributed by atoms with E-state index in [4.69, 9.17) is 20.0 Å². The van der Waals surface area contributed by atoms with E-state index in [1.165, 1.54) is 66.8 Å². The molecule has 2 N–H and O–H groups in total. The van der Waals surface area contributed by atoms with Gasteiger partial charge in [0.1, 0.15) is 21.5 Å². The topological polar surface area (TPSA) is 91.0 Å². The third kappa shape index (κ3) is 14.2. The molecular weight excluding hydrogens is 1310 g/mol. The molecular formula is C80H75N4O2PtS2-. The maximum atomic E-state index is 10.6. The summed E-state index contributed by atoms with van der Waals surface area (Å²) in [5.41, 5.74) is 28.1. The van der Waals surface area contributed by atoms with Crippen molar-refractivity contribution in [3.8, 4) is 77.1 Å². The van der Waals surface area contributed by atoms with Gasteiger partial charge in [0.15, 0.2) is 0 Å². The molecule has 2 aromatic heterocycles. The Balaban J connectivity index is 0.000000194. The summed E-state index contributed by atoms with van der Waals surface area (Å²) in [5.74, 6) is 0.432. The minimum atomic E-state index is -0.0340. The quantitative estimate of drug-likeness (QED) is 0.105. The molecule has 12 rings (SSSR count). The third-order valence-corrected chi connectivity index (χ3v) is 18.1. The van der Waals surface area contributed by atoms with Gasteiger partial charge in [0.2, 0.25) is 0 Å². The Kier molecular flexibility index (Phi) is 18.6. The van der Waals surface area contributed by atoms with Crippen molar-refractivity contribution >= 4 is 66.9 Å². The second-order valence-corrected chi connectivity index (χ2v) is 27.7. The standard InChI is InChI=1S/C40H38N2OS.C40H37N2OS.Pt/c2*1-24-16-25(2)19-28(18-24)32-13-14-33(29-20-26(3)17-27(4)21-29)38-37(32)42-39(44-38)34-10-8-9-11-35(34)41-23-30-22-31(40(5,6)7)12-15-36(30)43;/h8-23,43H,1-7H3;8-18,20-23,43H,1-7H3;/q;-1;. The number of aryl methyl sites for hydroxylation is 8. The van der Waals surface area contributed by atoms with Crippen LogP contribution in [0.1, 0.15) is 108 Å². The van der Waals surface area contributed by atoms with Crippen LogP contribution in [0.4, 0.5) is 11.4 Å². The van der Waals surface area contributed by atoms with Crippen molar-refractivity contribution in [2.45, 2.75) is 108 Å². The molecule has 0 aliphatic heterocycles. The number of phenolic OH excluding ortho intramolecular Hbond substituents is 2. The monoisotopic (exact) mass is 1380 g/mol. The van der Waals surface area contributed by atoms with Crippen molar-refractivity contribution in [1.29, 1.82) is 0 Å². The predicted octanol–water partition coefficient (Wildman–Crippen LogP) is 22.4. The molecule has 0 atom stereocenters. The van der Waals surface area contributed by atoms with Gasteiger partial charge in [-0.05, 0) is 134 Å². The molecule has 0 saturated carbocycles. The number of phenols is 2. The summed E-state index contributed by atoms with van der Waals surface area (Å²) >= 11 is 3.41. The maximum absolute atomic E-state index is 10.6. The van der Waals surface area contributed by atoms with Crippen molar-refractivity contribution < 1.29 is 31.3 Å². The van der Waals surface area contributed by atoms with E-state index in [9.17, 15) is 10.2 Å². The zero-order valence-electron chi connectivity index (χ0n) is 53.2. The van der Waals surface area contributed by atoms with Gasteiger partial charge in [0, 0.05) is 72.4 Å². The third-order valence-electron chi connectivity index (χ3n) is 15.9. The Morgan fingerprint density at radius 1 is 0.393 bits per heavy atom. The van der Waals surface area contributed by atoms with Crippen molar-refractivity contribution in [3.05, 3.63) is 249 Å². The zero-order chi connectivity index (χ0) is 62.3. The van der Waals surface area contributed by atoms with Crippen molar-refractivity contribution in [2.75, 3.05) is 0 Å². The number of thiazole rings is 2. The van der Waals surface area contributed by atoms with Crippen molar-refractivity contribution in [3.63, 3.8) is 0 Å². The van der Waals surface area contributed by atoms with Gasteiger partial charge in [-0.15, -0.1) is 57.6 Å². The number of para-hydroxylation sites is 2. The first-order valence-corrected chi connectivity index (χ1v) is 31.6. The van der Waals surface area contributed by atoms with Crippen LogP contribution < -0.4 is 0 Å². The number of aromatic hydroxyl groups is 2. The van der Waals surface area contributed by atoms with E-state index in [0.29, 0.717) is 11.1 Å². The van der Waals surface area contributed by atoms with Crippen LogP contribution in [0.15, 0.2) is 186 Å². The molecule has 0 radical (unpaired) electrons. The first-order chi connectivity index (χ1) is 41.9. The molecule has 2 heterocycles. The molecule has 0 saturated heterocycles. The Morgan fingerprint density at radius 2 is 0.753 bits per heavy atom. The minimum Gasteiger partial charge on any atom is -0.507 e. The zero-order valence-corrected chi connectivity index (χ0v) is 57.1. The van der Waals surface area contributed by atoms with E-state index in [2.05, 4.69) is 206 Å². The molecule has 0 spiro atoms. The molecule has 6 nitrogen and oxygen atoms in total. The summed E-state index contributed by atoms with van der Waals surface area (Å²) in [4.78, 5) is 20.4. The second-order valence-electron chi connectivity index (χ2n) is 25.7. The van der Waals surface area contributed by atoms with Crippen LogP contribution in [0, 0.1) is 61.5 Å². The van der Waals surface area contributed by atoms with Gasteiger partial charge in [-0.25, -0.2) is 9.97 Å². The molecule has 0 unspecified atom stereocenters. The summed E-state index contributed by atoms with van der Waals surface area (Å²) in [6.07, 6.45) is 3.52. The van der Waals surface area contributed by atoms with Crippen LogP contribution in [0.25, 0.3) is 86.1 Å². The van der Waals surface area contributed by atoms with Gasteiger partial charge in [-0.3, -0.25) is 9.98 Å². The number of aromatic nitrogens is 2. The molecule has 0 amide bonds. The molecule has 450 valence electrons. The van der Waals surface area contributed by atoms with E-state index in [1.54, 1.807) is 47.2 Å². The van der Waals surface area contributed by atoms with Gasteiger partial charge in [-0.2, -0.15) is 0 Å².